The van der Waals surface area contributed by atoms with Crippen LogP contribution in [0.5, 0.6) is 0 Å². The zero-order valence-corrected chi connectivity index (χ0v) is 18.6. The number of sulfone groups is 1. The summed E-state index contributed by atoms with van der Waals surface area (Å²) >= 11 is 1.36. The molecule has 10 heteroatoms. The maximum Gasteiger partial charge on any atom is 0.338 e. The summed E-state index contributed by atoms with van der Waals surface area (Å²) in [4.78, 5) is 36.5. The molecule has 0 unspecified atom stereocenters. The Balaban J connectivity index is 1.60. The monoisotopic (exact) mass is 462 g/mol. The van der Waals surface area contributed by atoms with Gasteiger partial charge < -0.3 is 15.4 Å². The maximum atomic E-state index is 12.7. The Kier molecular flexibility index (Phi) is 7.01. The number of hydrogen-bond donors (Lipinski definition) is 2. The molecule has 3 rings (SSSR count). The van der Waals surface area contributed by atoms with Gasteiger partial charge in [0.1, 0.15) is 0 Å². The molecule has 1 atom stereocenters. The largest absolute Gasteiger partial charge is 0.462 e. The lowest BCUT2D eigenvalue weighted by Crippen LogP contribution is -2.26. The molecule has 2 N–H and O–H groups in total. The number of rotatable bonds is 7. The predicted molar refractivity (Wildman–Crippen MR) is 118 cm³/mol. The van der Waals surface area contributed by atoms with E-state index >= 15 is 0 Å². The molecule has 0 fully saturated rings. The lowest BCUT2D eigenvalue weighted by molar-refractivity contribution is -0.116. The van der Waals surface area contributed by atoms with Gasteiger partial charge in [-0.1, -0.05) is 0 Å². The van der Waals surface area contributed by atoms with Gasteiger partial charge in [0, 0.05) is 17.0 Å². The highest BCUT2D eigenvalue weighted by Gasteiger charge is 2.25. The molecule has 0 aliphatic carbocycles. The van der Waals surface area contributed by atoms with Gasteiger partial charge in [0.05, 0.1) is 33.8 Å². The van der Waals surface area contributed by atoms with Crippen molar-refractivity contribution in [3.8, 4) is 0 Å². The standard InChI is InChI=1S/C21H22N2O6S2/c1-3-29-21(26)14-4-6-15(7-5-14)22-19(24)10-11-31(27,28)16-8-9-18-17(12-16)23-20(25)13(2)30-18/h4-9,12-13H,3,10-11H2,1-2H3,(H,22,24)(H,23,25)/t13-/m0/s1. The van der Waals surface area contributed by atoms with Crippen LogP contribution in [0.4, 0.5) is 11.4 Å². The van der Waals surface area contributed by atoms with E-state index in [1.165, 1.54) is 36.0 Å². The van der Waals surface area contributed by atoms with E-state index in [1.807, 2.05) is 0 Å². The molecule has 0 saturated heterocycles. The number of anilines is 2. The van der Waals surface area contributed by atoms with Gasteiger partial charge in [0.25, 0.3) is 0 Å². The Morgan fingerprint density at radius 1 is 1.16 bits per heavy atom. The van der Waals surface area contributed by atoms with Crippen molar-refractivity contribution in [2.24, 2.45) is 0 Å². The molecule has 0 saturated carbocycles. The molecular formula is C21H22N2O6S2. The van der Waals surface area contributed by atoms with E-state index in [-0.39, 0.29) is 34.8 Å². The fraction of sp³-hybridized carbons (Fsp3) is 0.286. The lowest BCUT2D eigenvalue weighted by atomic mass is 10.2. The molecule has 1 heterocycles. The van der Waals surface area contributed by atoms with E-state index in [0.717, 1.165) is 4.90 Å². The summed E-state index contributed by atoms with van der Waals surface area (Å²) < 4.78 is 30.2. The van der Waals surface area contributed by atoms with Crippen LogP contribution in [-0.4, -0.2) is 43.8 Å². The molecular weight excluding hydrogens is 440 g/mol. The molecule has 0 radical (unpaired) electrons. The third-order valence-corrected chi connectivity index (χ3v) is 7.41. The number of nitrogens with one attached hydrogen (secondary N) is 2. The van der Waals surface area contributed by atoms with Gasteiger partial charge in [0.15, 0.2) is 9.84 Å². The third kappa shape index (κ3) is 5.65. The molecule has 2 amide bonds. The van der Waals surface area contributed by atoms with Crippen molar-refractivity contribution < 1.29 is 27.5 Å². The first-order valence-electron chi connectivity index (χ1n) is 9.61. The molecule has 1 aliphatic rings. The minimum Gasteiger partial charge on any atom is -0.462 e. The molecule has 1 aliphatic heterocycles. The van der Waals surface area contributed by atoms with Crippen molar-refractivity contribution in [3.05, 3.63) is 48.0 Å². The minimum atomic E-state index is -3.72. The molecule has 31 heavy (non-hydrogen) atoms. The number of amides is 2. The average molecular weight is 463 g/mol. The van der Waals surface area contributed by atoms with Crippen LogP contribution in [0.1, 0.15) is 30.6 Å². The van der Waals surface area contributed by atoms with Crippen molar-refractivity contribution in [2.45, 2.75) is 35.3 Å². The van der Waals surface area contributed by atoms with E-state index in [2.05, 4.69) is 10.6 Å². The van der Waals surface area contributed by atoms with Crippen LogP contribution < -0.4 is 10.6 Å². The van der Waals surface area contributed by atoms with Crippen LogP contribution in [0.25, 0.3) is 0 Å². The van der Waals surface area contributed by atoms with Gasteiger partial charge in [-0.15, -0.1) is 11.8 Å². The van der Waals surface area contributed by atoms with Crippen LogP contribution in [0.2, 0.25) is 0 Å². The number of benzene rings is 2. The zero-order chi connectivity index (χ0) is 22.6. The first-order valence-corrected chi connectivity index (χ1v) is 12.1. The molecule has 0 bridgehead atoms. The lowest BCUT2D eigenvalue weighted by Gasteiger charge is -2.21. The number of ether oxygens (including phenoxy) is 1. The maximum absolute atomic E-state index is 12.7. The normalized spacial score (nSPS) is 15.5. The highest BCUT2D eigenvalue weighted by Crippen LogP contribution is 2.36. The molecule has 2 aromatic carbocycles. The van der Waals surface area contributed by atoms with E-state index in [4.69, 9.17) is 4.74 Å². The van der Waals surface area contributed by atoms with Crippen LogP contribution >= 0.6 is 11.8 Å². The van der Waals surface area contributed by atoms with E-state index in [9.17, 15) is 22.8 Å². The van der Waals surface area contributed by atoms with Gasteiger partial charge in [-0.25, -0.2) is 13.2 Å². The third-order valence-electron chi connectivity index (χ3n) is 4.52. The van der Waals surface area contributed by atoms with Crippen LogP contribution in [0.15, 0.2) is 52.3 Å². The minimum absolute atomic E-state index is 0.0493. The Morgan fingerprint density at radius 3 is 2.55 bits per heavy atom. The number of thioether (sulfide) groups is 1. The first kappa shape index (κ1) is 22.8. The summed E-state index contributed by atoms with van der Waals surface area (Å²) in [5, 5.41) is 5.07. The van der Waals surface area contributed by atoms with Crippen molar-refractivity contribution in [3.63, 3.8) is 0 Å². The van der Waals surface area contributed by atoms with Crippen molar-refractivity contribution in [1.82, 2.24) is 0 Å². The number of fused-ring (bicyclic) bond motifs is 1. The Morgan fingerprint density at radius 2 is 1.87 bits per heavy atom. The first-order chi connectivity index (χ1) is 14.7. The van der Waals surface area contributed by atoms with Gasteiger partial charge >= 0.3 is 5.97 Å². The second-order valence-corrected chi connectivity index (χ2v) is 10.3. The van der Waals surface area contributed by atoms with Gasteiger partial charge in [-0.3, -0.25) is 9.59 Å². The molecule has 2 aromatic rings. The van der Waals surface area contributed by atoms with Gasteiger partial charge in [0.2, 0.25) is 11.8 Å². The Bertz CT molecular complexity index is 1110. The SMILES string of the molecule is CCOC(=O)c1ccc(NC(=O)CCS(=O)(=O)c2ccc3c(c2)NC(=O)[C@H](C)S3)cc1. The highest BCUT2D eigenvalue weighted by atomic mass is 32.2. The summed E-state index contributed by atoms with van der Waals surface area (Å²) in [6.45, 7) is 3.75. The Hall–Kier alpha value is -2.85. The molecule has 0 spiro atoms. The van der Waals surface area contributed by atoms with Crippen LogP contribution in [0, 0.1) is 0 Å². The quantitative estimate of drug-likeness (QED) is 0.607. The summed E-state index contributed by atoms with van der Waals surface area (Å²) in [5.74, 6) is -1.49. The molecule has 0 aromatic heterocycles. The topological polar surface area (TPSA) is 119 Å². The van der Waals surface area contributed by atoms with E-state index in [1.54, 1.807) is 32.0 Å². The van der Waals surface area contributed by atoms with E-state index in [0.29, 0.717) is 16.9 Å². The van der Waals surface area contributed by atoms with Crippen molar-refractivity contribution in [1.29, 1.82) is 0 Å². The second-order valence-electron chi connectivity index (χ2n) is 6.82. The fourth-order valence-corrected chi connectivity index (χ4v) is 5.05. The molecule has 8 nitrogen and oxygen atoms in total. The average Bonchev–Trinajstić information content (AvgIpc) is 2.73. The summed E-state index contributed by atoms with van der Waals surface area (Å²) in [6, 6.07) is 10.7. The second kappa shape index (κ2) is 9.52. The number of hydrogen-bond acceptors (Lipinski definition) is 7. The fourth-order valence-electron chi connectivity index (χ4n) is 2.85. The molecule has 164 valence electrons. The number of carbonyl (C=O) groups excluding carboxylic acids is 3. The highest BCUT2D eigenvalue weighted by molar-refractivity contribution is 8.01. The number of carbonyl (C=O) groups is 3. The van der Waals surface area contributed by atoms with Crippen molar-refractivity contribution in [2.75, 3.05) is 23.0 Å². The zero-order valence-electron chi connectivity index (χ0n) is 17.0. The predicted octanol–water partition coefficient (Wildman–Crippen LogP) is 3.10. The van der Waals surface area contributed by atoms with E-state index < -0.39 is 21.7 Å². The van der Waals surface area contributed by atoms with Gasteiger partial charge in [-0.05, 0) is 56.3 Å². The van der Waals surface area contributed by atoms with Crippen LogP contribution in [0.3, 0.4) is 0 Å². The van der Waals surface area contributed by atoms with Crippen molar-refractivity contribution >= 4 is 50.8 Å². The Labute approximate surface area is 184 Å². The summed E-state index contributed by atoms with van der Waals surface area (Å²) in [7, 11) is -3.72. The summed E-state index contributed by atoms with van der Waals surface area (Å²) in [6.07, 6.45) is -0.239. The van der Waals surface area contributed by atoms with Gasteiger partial charge in [-0.2, -0.15) is 0 Å². The number of esters is 1. The van der Waals surface area contributed by atoms with Crippen LogP contribution in [-0.2, 0) is 24.2 Å². The smallest absolute Gasteiger partial charge is 0.338 e. The summed E-state index contributed by atoms with van der Waals surface area (Å²) in [5.41, 5.74) is 1.26.